The Labute approximate surface area is 127 Å². The first kappa shape index (κ1) is 15.9. The standard InChI is InChI=1S/C15H28N4S/c1-4-13-15(12(3)16)20-14(17-13)6-7-19-10-8-18(5-2)9-11-19/h12H,4-11,16H2,1-3H3. The lowest BCUT2D eigenvalue weighted by atomic mass is 10.2. The van der Waals surface area contributed by atoms with Gasteiger partial charge in [-0.1, -0.05) is 13.8 Å². The van der Waals surface area contributed by atoms with Crippen molar-refractivity contribution in [2.45, 2.75) is 39.7 Å². The van der Waals surface area contributed by atoms with Crippen molar-refractivity contribution < 1.29 is 0 Å². The summed E-state index contributed by atoms with van der Waals surface area (Å²) in [6, 6.07) is 0.115. The minimum atomic E-state index is 0.115. The monoisotopic (exact) mass is 296 g/mol. The molecule has 1 atom stereocenters. The number of hydrogen-bond donors (Lipinski definition) is 1. The summed E-state index contributed by atoms with van der Waals surface area (Å²) in [6.07, 6.45) is 2.05. The number of aryl methyl sites for hydroxylation is 1. The van der Waals surface area contributed by atoms with Gasteiger partial charge in [0, 0.05) is 50.1 Å². The van der Waals surface area contributed by atoms with Gasteiger partial charge in [-0.2, -0.15) is 0 Å². The number of hydrogen-bond acceptors (Lipinski definition) is 5. The van der Waals surface area contributed by atoms with Crippen LogP contribution in [0.3, 0.4) is 0 Å². The van der Waals surface area contributed by atoms with Crippen LogP contribution in [0.4, 0.5) is 0 Å². The minimum Gasteiger partial charge on any atom is -0.323 e. The van der Waals surface area contributed by atoms with Crippen molar-refractivity contribution in [3.63, 3.8) is 0 Å². The van der Waals surface area contributed by atoms with Crippen molar-refractivity contribution in [1.29, 1.82) is 0 Å². The van der Waals surface area contributed by atoms with Gasteiger partial charge in [-0.05, 0) is 19.9 Å². The SMILES string of the molecule is CCc1nc(CCN2CCN(CC)CC2)sc1C(C)N. The quantitative estimate of drug-likeness (QED) is 0.871. The number of rotatable bonds is 6. The van der Waals surface area contributed by atoms with E-state index >= 15 is 0 Å². The van der Waals surface area contributed by atoms with Gasteiger partial charge in [-0.3, -0.25) is 0 Å². The van der Waals surface area contributed by atoms with Gasteiger partial charge in [-0.15, -0.1) is 11.3 Å². The van der Waals surface area contributed by atoms with Crippen LogP contribution in [-0.2, 0) is 12.8 Å². The van der Waals surface area contributed by atoms with Gasteiger partial charge in [0.25, 0.3) is 0 Å². The van der Waals surface area contributed by atoms with Crippen molar-refractivity contribution in [3.8, 4) is 0 Å². The third-order valence-electron chi connectivity index (χ3n) is 4.07. The Morgan fingerprint density at radius 2 is 1.85 bits per heavy atom. The van der Waals surface area contributed by atoms with Gasteiger partial charge in [0.1, 0.15) is 0 Å². The van der Waals surface area contributed by atoms with Crippen molar-refractivity contribution in [2.75, 3.05) is 39.3 Å². The highest BCUT2D eigenvalue weighted by atomic mass is 32.1. The predicted molar refractivity (Wildman–Crippen MR) is 86.4 cm³/mol. The Balaban J connectivity index is 1.85. The van der Waals surface area contributed by atoms with Crippen LogP contribution < -0.4 is 5.73 Å². The fourth-order valence-electron chi connectivity index (χ4n) is 2.71. The van der Waals surface area contributed by atoms with Gasteiger partial charge in [0.2, 0.25) is 0 Å². The van der Waals surface area contributed by atoms with Crippen LogP contribution in [0.5, 0.6) is 0 Å². The summed E-state index contributed by atoms with van der Waals surface area (Å²) in [5.74, 6) is 0. The van der Waals surface area contributed by atoms with E-state index < -0.39 is 0 Å². The summed E-state index contributed by atoms with van der Waals surface area (Å²) in [5, 5.41) is 1.26. The Morgan fingerprint density at radius 3 is 2.35 bits per heavy atom. The lowest BCUT2D eigenvalue weighted by Crippen LogP contribution is -2.46. The maximum Gasteiger partial charge on any atom is 0.0944 e. The molecular formula is C15H28N4S. The van der Waals surface area contributed by atoms with Gasteiger partial charge in [-0.25, -0.2) is 4.98 Å². The third-order valence-corrected chi connectivity index (χ3v) is 5.43. The number of thiazole rings is 1. The zero-order valence-electron chi connectivity index (χ0n) is 13.1. The molecule has 20 heavy (non-hydrogen) atoms. The Bertz CT molecular complexity index is 408. The second kappa shape index (κ2) is 7.50. The molecule has 0 aromatic carbocycles. The molecule has 5 heteroatoms. The van der Waals surface area contributed by atoms with Gasteiger partial charge < -0.3 is 15.5 Å². The van der Waals surface area contributed by atoms with Crippen molar-refractivity contribution >= 4 is 11.3 Å². The Hall–Kier alpha value is -0.490. The summed E-state index contributed by atoms with van der Waals surface area (Å²) >= 11 is 1.81. The smallest absolute Gasteiger partial charge is 0.0944 e. The lowest BCUT2D eigenvalue weighted by Gasteiger charge is -2.33. The van der Waals surface area contributed by atoms with Gasteiger partial charge in [0.05, 0.1) is 10.7 Å². The molecule has 1 saturated heterocycles. The molecule has 0 aliphatic carbocycles. The minimum absolute atomic E-state index is 0.115. The molecule has 1 aromatic rings. The highest BCUT2D eigenvalue weighted by Gasteiger charge is 2.17. The summed E-state index contributed by atoms with van der Waals surface area (Å²) in [5.41, 5.74) is 7.23. The van der Waals surface area contributed by atoms with Gasteiger partial charge in [0.15, 0.2) is 0 Å². The van der Waals surface area contributed by atoms with Crippen molar-refractivity contribution in [1.82, 2.24) is 14.8 Å². The molecule has 0 bridgehead atoms. The largest absolute Gasteiger partial charge is 0.323 e. The average Bonchev–Trinajstić information content (AvgIpc) is 2.89. The van der Waals surface area contributed by atoms with Crippen LogP contribution in [0.15, 0.2) is 0 Å². The number of piperazine rings is 1. The average molecular weight is 296 g/mol. The fraction of sp³-hybridized carbons (Fsp3) is 0.800. The zero-order chi connectivity index (χ0) is 14.5. The van der Waals surface area contributed by atoms with E-state index in [1.165, 1.54) is 48.3 Å². The molecule has 2 heterocycles. The highest BCUT2D eigenvalue weighted by Crippen LogP contribution is 2.25. The summed E-state index contributed by atoms with van der Waals surface area (Å²) < 4.78 is 0. The molecule has 1 fully saturated rings. The van der Waals surface area contributed by atoms with E-state index in [4.69, 9.17) is 10.7 Å². The summed E-state index contributed by atoms with van der Waals surface area (Å²) in [6.45, 7) is 13.6. The number of nitrogens with two attached hydrogens (primary N) is 1. The maximum absolute atomic E-state index is 6.03. The molecular weight excluding hydrogens is 268 g/mol. The van der Waals surface area contributed by atoms with Crippen LogP contribution in [-0.4, -0.2) is 54.1 Å². The molecule has 1 aliphatic rings. The molecule has 1 aliphatic heterocycles. The van der Waals surface area contributed by atoms with E-state index in [9.17, 15) is 0 Å². The van der Waals surface area contributed by atoms with Crippen LogP contribution >= 0.6 is 11.3 Å². The Kier molecular flexibility index (Phi) is 5.96. The van der Waals surface area contributed by atoms with Crippen LogP contribution in [0.25, 0.3) is 0 Å². The van der Waals surface area contributed by atoms with Crippen molar-refractivity contribution in [3.05, 3.63) is 15.6 Å². The number of nitrogens with zero attached hydrogens (tertiary/aromatic N) is 3. The fourth-order valence-corrected chi connectivity index (χ4v) is 3.81. The second-order valence-corrected chi connectivity index (χ2v) is 6.70. The van der Waals surface area contributed by atoms with E-state index in [2.05, 4.69) is 30.6 Å². The molecule has 2 N–H and O–H groups in total. The molecule has 1 aromatic heterocycles. The molecule has 0 spiro atoms. The first-order chi connectivity index (χ1) is 9.63. The second-order valence-electron chi connectivity index (χ2n) is 5.59. The van der Waals surface area contributed by atoms with Crippen LogP contribution in [0.1, 0.15) is 42.4 Å². The van der Waals surface area contributed by atoms with Crippen LogP contribution in [0, 0.1) is 0 Å². The van der Waals surface area contributed by atoms with E-state index in [0.717, 1.165) is 19.4 Å². The van der Waals surface area contributed by atoms with E-state index in [1.807, 2.05) is 11.3 Å². The summed E-state index contributed by atoms with van der Waals surface area (Å²) in [4.78, 5) is 11.1. The number of aromatic nitrogens is 1. The van der Waals surface area contributed by atoms with Gasteiger partial charge >= 0.3 is 0 Å². The maximum atomic E-state index is 6.03. The molecule has 0 amide bonds. The first-order valence-corrected chi connectivity index (χ1v) is 8.64. The topological polar surface area (TPSA) is 45.4 Å². The van der Waals surface area contributed by atoms with E-state index in [1.54, 1.807) is 0 Å². The number of likely N-dealkylation sites (N-methyl/N-ethyl adjacent to an activating group) is 1. The zero-order valence-corrected chi connectivity index (χ0v) is 13.9. The molecule has 0 radical (unpaired) electrons. The molecule has 4 nitrogen and oxygen atoms in total. The lowest BCUT2D eigenvalue weighted by molar-refractivity contribution is 0.138. The molecule has 1 unspecified atom stereocenters. The molecule has 2 rings (SSSR count). The van der Waals surface area contributed by atoms with E-state index in [0.29, 0.717) is 0 Å². The van der Waals surface area contributed by atoms with E-state index in [-0.39, 0.29) is 6.04 Å². The molecule has 114 valence electrons. The highest BCUT2D eigenvalue weighted by molar-refractivity contribution is 7.11. The third kappa shape index (κ3) is 4.01. The predicted octanol–water partition coefficient (Wildman–Crippen LogP) is 1.91. The molecule has 0 saturated carbocycles. The van der Waals surface area contributed by atoms with Crippen molar-refractivity contribution in [2.24, 2.45) is 5.73 Å². The Morgan fingerprint density at radius 1 is 1.20 bits per heavy atom. The summed E-state index contributed by atoms with van der Waals surface area (Å²) in [7, 11) is 0. The normalized spacial score (nSPS) is 19.4. The van der Waals surface area contributed by atoms with Crippen LogP contribution in [0.2, 0.25) is 0 Å². The first-order valence-electron chi connectivity index (χ1n) is 7.82.